The maximum absolute atomic E-state index is 15.1. The molecule has 50 heteroatoms. The van der Waals surface area contributed by atoms with Gasteiger partial charge in [0.05, 0.1) is 31.8 Å². The smallest absolute Gasteiger partial charge is 0.315 e. The third kappa shape index (κ3) is 36.7. The number of aromatic hydroxyl groups is 1. The first-order valence-corrected chi connectivity index (χ1v) is 50.4. The van der Waals surface area contributed by atoms with Crippen molar-refractivity contribution in [2.75, 3.05) is 58.2 Å². The van der Waals surface area contributed by atoms with Crippen LogP contribution in [0.15, 0.2) is 85.2 Å². The molecule has 3 saturated heterocycles. The molecule has 3 aliphatic rings. The molecule has 0 bridgehead atoms. The number of H-pyrrole nitrogens is 2. The van der Waals surface area contributed by atoms with E-state index in [2.05, 4.69) is 111 Å². The highest BCUT2D eigenvalue weighted by atomic mass is 32.2. The molecule has 17 atom stereocenters. The molecule has 0 saturated carbocycles. The summed E-state index contributed by atoms with van der Waals surface area (Å²) >= 11 is 1.81. The lowest BCUT2D eigenvalue weighted by molar-refractivity contribution is -0.143. The van der Waals surface area contributed by atoms with Crippen molar-refractivity contribution in [3.63, 3.8) is 0 Å². The van der Waals surface area contributed by atoms with E-state index in [0.717, 1.165) is 29.5 Å². The Kier molecular flexibility index (Phi) is 46.8. The number of aliphatic hydroxyl groups excluding tert-OH is 1. The number of para-hydroxylation sites is 2. The van der Waals surface area contributed by atoms with Gasteiger partial charge in [0.1, 0.15) is 90.3 Å². The molecule has 49 nitrogen and oxygen atoms in total. The number of nitrogens with zero attached hydrogens (tertiary/aromatic N) is 1. The van der Waals surface area contributed by atoms with Crippen molar-refractivity contribution in [2.24, 2.45) is 40.5 Å². The highest BCUT2D eigenvalue weighted by Crippen LogP contribution is 2.34. The molecule has 3 aromatic carbocycles. The maximum Gasteiger partial charge on any atom is 0.315 e. The number of rotatable bonds is 61. The van der Waals surface area contributed by atoms with E-state index in [4.69, 9.17) is 39.5 Å². The number of thioether (sulfide) groups is 1. The number of carbonyl (C=O) groups is 18. The van der Waals surface area contributed by atoms with E-state index >= 15 is 4.79 Å². The summed E-state index contributed by atoms with van der Waals surface area (Å²) in [6, 6.07) is 0.736. The Balaban J connectivity index is 0.852. The van der Waals surface area contributed by atoms with Crippen molar-refractivity contribution in [1.82, 2.24) is 116 Å². The topological polar surface area (TPSA) is 789 Å². The molecule has 0 spiro atoms. The molecule has 800 valence electrons. The van der Waals surface area contributed by atoms with Crippen LogP contribution < -0.4 is 130 Å². The van der Waals surface area contributed by atoms with E-state index < -0.39 is 223 Å². The molecule has 0 unspecified atom stereocenters. The van der Waals surface area contributed by atoms with Gasteiger partial charge in [0.15, 0.2) is 11.9 Å². The molecule has 5 heterocycles. The van der Waals surface area contributed by atoms with Crippen LogP contribution in [0, 0.1) is 22.7 Å². The van der Waals surface area contributed by atoms with Crippen molar-refractivity contribution < 1.29 is 96.5 Å². The van der Waals surface area contributed by atoms with Gasteiger partial charge >= 0.3 is 6.03 Å². The molecular formula is C96H145N29O20S. The van der Waals surface area contributed by atoms with Gasteiger partial charge in [-0.15, -0.1) is 0 Å². The molecule has 2 aromatic heterocycles. The van der Waals surface area contributed by atoms with Gasteiger partial charge in [0.2, 0.25) is 100 Å². The van der Waals surface area contributed by atoms with Crippen LogP contribution in [-0.4, -0.2) is 304 Å². The number of primary amides is 1. The molecule has 0 radical (unpaired) electrons. The van der Waals surface area contributed by atoms with Crippen LogP contribution in [0.25, 0.3) is 21.8 Å². The van der Waals surface area contributed by atoms with E-state index in [1.165, 1.54) is 49.9 Å². The second kappa shape index (κ2) is 58.5. The highest BCUT2D eigenvalue weighted by molar-refractivity contribution is 8.00. The van der Waals surface area contributed by atoms with Crippen LogP contribution in [0.5, 0.6) is 5.75 Å². The Hall–Kier alpha value is -14.4. The highest BCUT2D eigenvalue weighted by Gasteiger charge is 2.45. The van der Waals surface area contributed by atoms with Crippen molar-refractivity contribution >= 4 is 152 Å². The number of aromatic nitrogens is 2. The quantitative estimate of drug-likeness (QED) is 0.00752. The molecule has 19 amide bonds. The number of urea groups is 1. The van der Waals surface area contributed by atoms with Crippen LogP contribution in [0.4, 0.5) is 4.79 Å². The minimum Gasteiger partial charge on any atom is -0.508 e. The Morgan fingerprint density at radius 3 is 1.49 bits per heavy atom. The summed E-state index contributed by atoms with van der Waals surface area (Å²) < 4.78 is 0. The number of carbonyl (C=O) groups excluding carboxylic acids is 18. The van der Waals surface area contributed by atoms with E-state index in [1.54, 1.807) is 64.0 Å². The van der Waals surface area contributed by atoms with Gasteiger partial charge in [-0.05, 0) is 170 Å². The predicted molar refractivity (Wildman–Crippen MR) is 543 cm³/mol. The number of likely N-dealkylation sites (tertiary alicyclic amines) is 1. The van der Waals surface area contributed by atoms with Crippen LogP contribution in [0.3, 0.4) is 0 Å². The second-order valence-corrected chi connectivity index (χ2v) is 38.7. The lowest BCUT2D eigenvalue weighted by atomic mass is 10.00. The van der Waals surface area contributed by atoms with Crippen molar-refractivity contribution in [3.05, 3.63) is 102 Å². The first kappa shape index (κ1) is 117. The summed E-state index contributed by atoms with van der Waals surface area (Å²) in [7, 11) is 0. The molecule has 3 aliphatic heterocycles. The number of guanidine groups is 2. The van der Waals surface area contributed by atoms with Crippen molar-refractivity contribution in [1.29, 1.82) is 10.8 Å². The van der Waals surface area contributed by atoms with Gasteiger partial charge in [-0.2, -0.15) is 11.8 Å². The van der Waals surface area contributed by atoms with Crippen molar-refractivity contribution in [3.8, 4) is 5.75 Å². The maximum atomic E-state index is 15.1. The fraction of sp³-hybridized carbons (Fsp3) is 0.562. The number of aromatic amines is 2. The fourth-order valence-corrected chi connectivity index (χ4v) is 18.7. The number of benzene rings is 3. The van der Waals surface area contributed by atoms with Gasteiger partial charge in [0.25, 0.3) is 0 Å². The molecule has 146 heavy (non-hydrogen) atoms. The molecular weight excluding hydrogens is 1910 g/mol. The molecule has 0 aliphatic carbocycles. The monoisotopic (exact) mass is 2060 g/mol. The molecule has 3 fully saturated rings. The number of nitrogens with one attached hydrogen (secondary N) is 23. The van der Waals surface area contributed by atoms with Gasteiger partial charge in [-0.25, -0.2) is 4.79 Å². The average Bonchev–Trinajstić information content (AvgIpc) is 1.72. The van der Waals surface area contributed by atoms with Gasteiger partial charge in [-0.3, -0.25) is 92.3 Å². The van der Waals surface area contributed by atoms with E-state index in [-0.39, 0.29) is 138 Å². The Bertz CT molecular complexity index is 5370. The zero-order valence-corrected chi connectivity index (χ0v) is 84.2. The minimum atomic E-state index is -1.73. The normalized spacial score (nSPS) is 17.3. The standard InChI is InChI=1S/C96H145N29O20S/c1-50(2)77(91(142)112-53(6)81(132)115-63(80(99)131)25-15-17-37-104-74(128)31-13-12-30-73-79-71(49-146-73)121-96(145)124-79)122-83(134)54(7)111-89(140)70(48-126)120-92(143)78(51(3)4)123-90(141)72-29-20-40-125(72)93(144)66(28-19-39-106-95(102)103)117-82(133)52(5)110-85(136)65(27-18-38-105-94(100)101)113-76(130)47-109-84(135)64(26-14-16-36-97)116-86(137)67(41-55-32-34-58(127)35-33-55)118-88(139)69(43-57-46-108-62-24-11-9-22-60(57)62)119-87(138)68(114-75(129)44-98)42-56-45-107-61-23-10-8-21-59(56)61/h8-11,21-24,32-35,45-46,50-54,63-73,77-79,107-108,126-127H,12-20,25-31,36-44,47-49,97-98H2,1-7H3,(H2,99,131)(H,104,128)(H,109,135)(H,110,136)(H,111,140)(H,112,142)(H,113,130)(H,114,129)(H,115,132)(H,116,137)(H,117,133)(H,118,139)(H,119,138)(H,120,143)(H,122,134)(H,123,141)(H4,100,101,105)(H4,102,103,106)(H2,121,124,145)/t52-,53-,54-,63-,64-,65-,66-,67-,68-,69-,70-,71-,72-,73-,77-,78-,79-/m0/s1. The number of aliphatic hydroxyl groups is 1. The Labute approximate surface area is 849 Å². The summed E-state index contributed by atoms with van der Waals surface area (Å²) in [5, 5.41) is 88.3. The second-order valence-electron chi connectivity index (χ2n) is 37.4. The van der Waals surface area contributed by atoms with Gasteiger partial charge in [-0.1, -0.05) is 82.6 Å². The summed E-state index contributed by atoms with van der Waals surface area (Å²) in [5.41, 5.74) is 31.6. The largest absolute Gasteiger partial charge is 0.508 e. The third-order valence-electron chi connectivity index (χ3n) is 25.3. The van der Waals surface area contributed by atoms with Crippen LogP contribution in [0.1, 0.15) is 168 Å². The summed E-state index contributed by atoms with van der Waals surface area (Å²) in [6.45, 7) is 8.41. The van der Waals surface area contributed by atoms with Gasteiger partial charge in [0, 0.05) is 97.1 Å². The van der Waals surface area contributed by atoms with Crippen LogP contribution in [0.2, 0.25) is 0 Å². The zero-order chi connectivity index (χ0) is 107. The summed E-state index contributed by atoms with van der Waals surface area (Å²) in [6.07, 6.45) is 7.31. The number of hydrogen-bond donors (Lipinski definition) is 30. The fourth-order valence-electron chi connectivity index (χ4n) is 17.1. The number of fused-ring (bicyclic) bond motifs is 3. The predicted octanol–water partition coefficient (Wildman–Crippen LogP) is -4.73. The summed E-state index contributed by atoms with van der Waals surface area (Å²) in [5.74, 6) is -15.4. The Morgan fingerprint density at radius 2 is 0.925 bits per heavy atom. The van der Waals surface area contributed by atoms with Crippen LogP contribution >= 0.6 is 11.8 Å². The third-order valence-corrected chi connectivity index (χ3v) is 26.8. The van der Waals surface area contributed by atoms with E-state index in [9.17, 15) is 91.7 Å². The molecule has 5 aromatic rings. The summed E-state index contributed by atoms with van der Waals surface area (Å²) in [4.78, 5) is 258. The van der Waals surface area contributed by atoms with Crippen molar-refractivity contribution in [2.45, 2.75) is 272 Å². The first-order valence-electron chi connectivity index (χ1n) is 49.4. The van der Waals surface area contributed by atoms with Crippen LogP contribution in [-0.2, 0) is 101 Å². The lowest BCUT2D eigenvalue weighted by Crippen LogP contribution is -2.61. The Morgan fingerprint density at radius 1 is 0.459 bits per heavy atom. The number of phenolic OH excluding ortho intramolecular Hbond substituents is 1. The van der Waals surface area contributed by atoms with E-state index in [1.807, 2.05) is 36.4 Å². The average molecular weight is 2060 g/mol. The number of nitrogens with two attached hydrogens (primary N) is 5. The number of unbranched alkanes of at least 4 members (excludes halogenated alkanes) is 3. The SMILES string of the molecule is CC(C)[C@H](NC(=O)[C@H](C)NC(=O)[C@H](CO)NC(=O)[C@@H](NC(=O)[C@@H]1CCCN1C(=O)[C@H](CCCNC(=N)N)NC(=O)[C@H](C)NC(=O)[C@H](CCCNC(=N)N)NC(=O)CNC(=O)[C@H](CCCCN)NC(=O)[C@H](Cc1ccc(O)cc1)NC(=O)[C@H](Cc1c[nH]c2ccccc12)NC(=O)[C@H](Cc1c[nH]c2ccccc12)NC(=O)CN)C(C)C)C(=O)N[C@@H](C)C(=O)N[C@@H](CCCCNC(=O)CCCC[C@@H]1SC[C@@H]2NC(=O)N[C@@H]21)C(N)=O. The zero-order valence-electron chi connectivity index (χ0n) is 83.3. The number of phenols is 1. The minimum absolute atomic E-state index is 0.0172. The molecule has 8 rings (SSSR count). The number of hydrogen-bond acceptors (Lipinski definition) is 25. The van der Waals surface area contributed by atoms with Gasteiger partial charge < -0.3 is 155 Å². The lowest BCUT2D eigenvalue weighted by Gasteiger charge is -2.31. The number of amides is 19. The van der Waals surface area contributed by atoms with E-state index in [0.29, 0.717) is 66.2 Å². The first-order chi connectivity index (χ1) is 69.6. The molecule has 35 N–H and O–H groups in total.